The largest absolute Gasteiger partial charge is 0.493 e. The van der Waals surface area contributed by atoms with Crippen molar-refractivity contribution in [2.75, 3.05) is 32.6 Å². The van der Waals surface area contributed by atoms with Crippen LogP contribution in [0.2, 0.25) is 0 Å². The molecule has 36 heavy (non-hydrogen) atoms. The fourth-order valence-electron chi connectivity index (χ4n) is 4.08. The van der Waals surface area contributed by atoms with Crippen LogP contribution in [0.25, 0.3) is 0 Å². The summed E-state index contributed by atoms with van der Waals surface area (Å²) in [6.45, 7) is 0.236. The van der Waals surface area contributed by atoms with Gasteiger partial charge in [-0.15, -0.1) is 0 Å². The van der Waals surface area contributed by atoms with E-state index in [0.29, 0.717) is 30.0 Å². The molecule has 0 saturated heterocycles. The number of benzene rings is 2. The zero-order chi connectivity index (χ0) is 25.8. The Hall–Kier alpha value is -3.09. The number of carbonyl (C=O) groups is 1. The highest BCUT2D eigenvalue weighted by Gasteiger charge is 2.21. The smallest absolute Gasteiger partial charge is 0.235 e. The number of hydrogen-bond donors (Lipinski definition) is 2. The molecular formula is C27H33FN2O5S. The minimum Gasteiger partial charge on any atom is -0.493 e. The standard InChI is InChI=1S/C27H33FN2O5S/c1-34-26-18-22(11-14-25(26)35-17-5-8-21-9-12-24(28)13-10-21)15-16-29-27(31)19-30-36(32,33)20-23-6-3-2-4-7-23/h9-14,18,23,30H,2-4,6-7,15-17,19-20H2,1H3,(H,29,31). The summed E-state index contributed by atoms with van der Waals surface area (Å²) < 4.78 is 50.9. The molecule has 7 nitrogen and oxygen atoms in total. The highest BCUT2D eigenvalue weighted by molar-refractivity contribution is 7.89. The molecule has 3 rings (SSSR count). The predicted octanol–water partition coefficient (Wildman–Crippen LogP) is 3.42. The number of hydrogen-bond acceptors (Lipinski definition) is 5. The van der Waals surface area contributed by atoms with Crippen molar-refractivity contribution < 1.29 is 27.1 Å². The third-order valence-corrected chi connectivity index (χ3v) is 7.47. The Morgan fingerprint density at radius 3 is 2.56 bits per heavy atom. The summed E-state index contributed by atoms with van der Waals surface area (Å²) >= 11 is 0. The van der Waals surface area contributed by atoms with Crippen LogP contribution in [-0.2, 0) is 21.2 Å². The third-order valence-electron chi connectivity index (χ3n) is 5.97. The average molecular weight is 517 g/mol. The van der Waals surface area contributed by atoms with Crippen LogP contribution >= 0.6 is 0 Å². The van der Waals surface area contributed by atoms with Gasteiger partial charge in [0.15, 0.2) is 11.5 Å². The van der Waals surface area contributed by atoms with Crippen LogP contribution in [0.4, 0.5) is 4.39 Å². The van der Waals surface area contributed by atoms with Crippen LogP contribution in [0.3, 0.4) is 0 Å². The molecule has 0 heterocycles. The highest BCUT2D eigenvalue weighted by atomic mass is 32.2. The molecule has 1 aliphatic carbocycles. The van der Waals surface area contributed by atoms with Gasteiger partial charge in [0.1, 0.15) is 12.4 Å². The first-order valence-corrected chi connectivity index (χ1v) is 13.8. The fraction of sp³-hybridized carbons (Fsp3) is 0.444. The van der Waals surface area contributed by atoms with Crippen molar-refractivity contribution in [3.8, 4) is 23.3 Å². The zero-order valence-corrected chi connectivity index (χ0v) is 21.3. The molecule has 2 aromatic rings. The normalized spacial score (nSPS) is 13.9. The van der Waals surface area contributed by atoms with Crippen molar-refractivity contribution in [2.24, 2.45) is 5.92 Å². The topological polar surface area (TPSA) is 93.7 Å². The molecule has 0 unspecified atom stereocenters. The second-order valence-corrected chi connectivity index (χ2v) is 10.6. The van der Waals surface area contributed by atoms with Crippen LogP contribution in [0, 0.1) is 23.6 Å². The van der Waals surface area contributed by atoms with Gasteiger partial charge in [-0.1, -0.05) is 37.2 Å². The lowest BCUT2D eigenvalue weighted by Gasteiger charge is -2.21. The minimum absolute atomic E-state index is 0.0896. The van der Waals surface area contributed by atoms with E-state index in [4.69, 9.17) is 9.47 Å². The van der Waals surface area contributed by atoms with E-state index in [9.17, 15) is 17.6 Å². The zero-order valence-electron chi connectivity index (χ0n) is 20.5. The molecule has 194 valence electrons. The summed E-state index contributed by atoms with van der Waals surface area (Å²) in [7, 11) is -1.92. The number of rotatable bonds is 11. The molecule has 0 bridgehead atoms. The molecular weight excluding hydrogens is 483 g/mol. The van der Waals surface area contributed by atoms with E-state index in [1.54, 1.807) is 18.2 Å². The lowest BCUT2D eigenvalue weighted by Crippen LogP contribution is -2.39. The van der Waals surface area contributed by atoms with E-state index in [1.165, 1.54) is 25.7 Å². The van der Waals surface area contributed by atoms with Gasteiger partial charge < -0.3 is 14.8 Å². The summed E-state index contributed by atoms with van der Waals surface area (Å²) in [4.78, 5) is 12.1. The summed E-state index contributed by atoms with van der Waals surface area (Å²) in [5.74, 6) is 6.45. The van der Waals surface area contributed by atoms with Gasteiger partial charge in [-0.2, -0.15) is 0 Å². The van der Waals surface area contributed by atoms with Gasteiger partial charge in [0.2, 0.25) is 15.9 Å². The fourth-order valence-corrected chi connectivity index (χ4v) is 5.50. The molecule has 0 aromatic heterocycles. The molecule has 1 saturated carbocycles. The second kappa shape index (κ2) is 13.9. The van der Waals surface area contributed by atoms with Crippen molar-refractivity contribution in [2.45, 2.75) is 38.5 Å². The van der Waals surface area contributed by atoms with E-state index in [1.807, 2.05) is 12.1 Å². The van der Waals surface area contributed by atoms with Crippen LogP contribution < -0.4 is 19.5 Å². The van der Waals surface area contributed by atoms with Gasteiger partial charge >= 0.3 is 0 Å². The minimum atomic E-state index is -3.46. The van der Waals surface area contributed by atoms with Gasteiger partial charge in [-0.05, 0) is 67.1 Å². The number of amides is 1. The molecule has 2 N–H and O–H groups in total. The lowest BCUT2D eigenvalue weighted by atomic mass is 9.91. The number of sulfonamides is 1. The Labute approximate surface area is 212 Å². The van der Waals surface area contributed by atoms with Gasteiger partial charge in [-0.25, -0.2) is 17.5 Å². The Morgan fingerprint density at radius 2 is 1.83 bits per heavy atom. The average Bonchev–Trinajstić information content (AvgIpc) is 2.87. The van der Waals surface area contributed by atoms with Crippen molar-refractivity contribution >= 4 is 15.9 Å². The molecule has 1 fully saturated rings. The Kier molecular flexibility index (Phi) is 10.6. The molecule has 0 radical (unpaired) electrons. The van der Waals surface area contributed by atoms with Crippen molar-refractivity contribution in [3.05, 3.63) is 59.4 Å². The molecule has 9 heteroatoms. The second-order valence-electron chi connectivity index (χ2n) is 8.79. The maximum Gasteiger partial charge on any atom is 0.235 e. The van der Waals surface area contributed by atoms with Crippen LogP contribution in [0.1, 0.15) is 43.2 Å². The molecule has 0 aliphatic heterocycles. The maximum absolute atomic E-state index is 12.9. The van der Waals surface area contributed by atoms with E-state index in [-0.39, 0.29) is 36.5 Å². The number of nitrogens with one attached hydrogen (secondary N) is 2. The Bertz CT molecular complexity index is 1170. The molecule has 1 aliphatic rings. The molecule has 0 spiro atoms. The van der Waals surface area contributed by atoms with Gasteiger partial charge in [0, 0.05) is 12.1 Å². The van der Waals surface area contributed by atoms with Crippen molar-refractivity contribution in [1.29, 1.82) is 0 Å². The lowest BCUT2D eigenvalue weighted by molar-refractivity contribution is -0.119. The van der Waals surface area contributed by atoms with Crippen molar-refractivity contribution in [3.63, 3.8) is 0 Å². The molecule has 1 amide bonds. The maximum atomic E-state index is 12.9. The first-order chi connectivity index (χ1) is 17.3. The van der Waals surface area contributed by atoms with Crippen molar-refractivity contribution in [1.82, 2.24) is 10.0 Å². The number of halogens is 1. The Balaban J connectivity index is 1.40. The first-order valence-electron chi connectivity index (χ1n) is 12.1. The van der Waals surface area contributed by atoms with E-state index < -0.39 is 10.0 Å². The number of carbonyl (C=O) groups excluding carboxylic acids is 1. The van der Waals surface area contributed by atoms with Crippen LogP contribution in [-0.4, -0.2) is 46.9 Å². The van der Waals surface area contributed by atoms with Crippen LogP contribution in [0.15, 0.2) is 42.5 Å². The van der Waals surface area contributed by atoms with E-state index in [0.717, 1.165) is 31.2 Å². The number of ether oxygens (including phenoxy) is 2. The summed E-state index contributed by atoms with van der Waals surface area (Å²) in [6.07, 6.45) is 5.73. The molecule has 2 aromatic carbocycles. The van der Waals surface area contributed by atoms with Gasteiger partial charge in [-0.3, -0.25) is 4.79 Å². The SMILES string of the molecule is COc1cc(CCNC(=O)CNS(=O)(=O)CC2CCCCC2)ccc1OCC#Cc1ccc(F)cc1. The summed E-state index contributed by atoms with van der Waals surface area (Å²) in [5.41, 5.74) is 1.62. The van der Waals surface area contributed by atoms with Crippen LogP contribution in [0.5, 0.6) is 11.5 Å². The van der Waals surface area contributed by atoms with Gasteiger partial charge in [0.05, 0.1) is 19.4 Å². The number of methoxy groups -OCH3 is 1. The summed E-state index contributed by atoms with van der Waals surface area (Å²) in [5, 5.41) is 2.74. The highest BCUT2D eigenvalue weighted by Crippen LogP contribution is 2.28. The van der Waals surface area contributed by atoms with E-state index in [2.05, 4.69) is 21.9 Å². The monoisotopic (exact) mass is 516 g/mol. The van der Waals surface area contributed by atoms with Gasteiger partial charge in [0.25, 0.3) is 0 Å². The predicted molar refractivity (Wildman–Crippen MR) is 137 cm³/mol. The Morgan fingerprint density at radius 1 is 1.08 bits per heavy atom. The third kappa shape index (κ3) is 9.51. The first kappa shape index (κ1) is 27.5. The molecule has 0 atom stereocenters. The van der Waals surface area contributed by atoms with E-state index >= 15 is 0 Å². The quantitative estimate of drug-likeness (QED) is 0.447. The summed E-state index contributed by atoms with van der Waals surface area (Å²) in [6, 6.07) is 11.4.